The number of pyridine rings is 2. The van der Waals surface area contributed by atoms with Gasteiger partial charge in [0.25, 0.3) is 11.1 Å². The van der Waals surface area contributed by atoms with E-state index in [1.807, 2.05) is 18.3 Å². The number of amides is 2. The summed E-state index contributed by atoms with van der Waals surface area (Å²) in [5.74, 6) is -0.382. The van der Waals surface area contributed by atoms with Crippen molar-refractivity contribution in [2.24, 2.45) is 0 Å². The molecule has 2 saturated heterocycles. The van der Waals surface area contributed by atoms with Crippen LogP contribution in [0.25, 0.3) is 28.1 Å². The van der Waals surface area contributed by atoms with Gasteiger partial charge in [-0.05, 0) is 66.7 Å². The Balaban J connectivity index is 1.48. The Morgan fingerprint density at radius 1 is 1.09 bits per heavy atom. The molecule has 168 valence electrons. The molecule has 0 radical (unpaired) electrons. The third-order valence-electron chi connectivity index (χ3n) is 6.21. The lowest BCUT2D eigenvalue weighted by molar-refractivity contribution is -0.115. The number of carbonyl (C=O) groups excluding carboxylic acids is 2. The van der Waals surface area contributed by atoms with Gasteiger partial charge in [-0.2, -0.15) is 0 Å². The Bertz CT molecular complexity index is 1280. The van der Waals surface area contributed by atoms with Crippen molar-refractivity contribution in [3.05, 3.63) is 58.9 Å². The van der Waals surface area contributed by atoms with Gasteiger partial charge in [-0.3, -0.25) is 19.9 Å². The summed E-state index contributed by atoms with van der Waals surface area (Å²) < 4.78 is 0. The second-order valence-corrected chi connectivity index (χ2v) is 9.28. The number of thioether (sulfide) groups is 1. The summed E-state index contributed by atoms with van der Waals surface area (Å²) in [5, 5.41) is 2.84. The summed E-state index contributed by atoms with van der Waals surface area (Å²) in [6, 6.07) is 10.3. The maximum atomic E-state index is 11.9. The number of aryl methyl sites for hydroxylation is 1. The van der Waals surface area contributed by atoms with E-state index in [-0.39, 0.29) is 11.1 Å². The fourth-order valence-electron chi connectivity index (χ4n) is 4.39. The van der Waals surface area contributed by atoms with Crippen LogP contribution in [0, 0.1) is 6.92 Å². The number of fused-ring (bicyclic) bond motifs is 1. The molecular weight excluding hydrogens is 434 g/mol. The number of likely N-dealkylation sites (N-methyl/N-ethyl adjacent to an activating group) is 1. The fourth-order valence-corrected chi connectivity index (χ4v) is 5.05. The molecule has 2 aliphatic heterocycles. The molecule has 2 aromatic heterocycles. The minimum absolute atomic E-state index is 0.353. The standard InChI is InChI=1S/C25H25N5O2S/c1-3-29-8-10-30(11-9-29)21-7-5-17(12-16(21)2)20-15-26-14-18-4-6-19(27-23(18)20)13-22-24(31)28-25(32)33-22/h4-7,12-15H,3,8-11H2,1-2H3,(H,28,31,32). The third kappa shape index (κ3) is 4.36. The number of anilines is 1. The Morgan fingerprint density at radius 2 is 1.91 bits per heavy atom. The van der Waals surface area contributed by atoms with E-state index in [9.17, 15) is 9.59 Å². The van der Waals surface area contributed by atoms with Crippen molar-refractivity contribution in [3.63, 3.8) is 0 Å². The molecule has 0 atom stereocenters. The second kappa shape index (κ2) is 8.96. The van der Waals surface area contributed by atoms with Gasteiger partial charge in [-0.15, -0.1) is 0 Å². The number of carbonyl (C=O) groups is 2. The number of nitrogens with one attached hydrogen (secondary N) is 1. The van der Waals surface area contributed by atoms with Crippen LogP contribution in [0.15, 0.2) is 47.6 Å². The van der Waals surface area contributed by atoms with Crippen LogP contribution in [0.5, 0.6) is 0 Å². The summed E-state index contributed by atoms with van der Waals surface area (Å²) in [6.45, 7) is 9.73. The van der Waals surface area contributed by atoms with Crippen molar-refractivity contribution < 1.29 is 9.59 Å². The summed E-state index contributed by atoms with van der Waals surface area (Å²) in [5.41, 5.74) is 5.95. The van der Waals surface area contributed by atoms with Gasteiger partial charge in [0.2, 0.25) is 0 Å². The van der Waals surface area contributed by atoms with Gasteiger partial charge in [0.15, 0.2) is 0 Å². The van der Waals surface area contributed by atoms with E-state index in [2.05, 4.69) is 52.1 Å². The molecular formula is C25H25N5O2S. The van der Waals surface area contributed by atoms with Crippen molar-refractivity contribution in [3.8, 4) is 11.1 Å². The number of aromatic nitrogens is 2. The molecule has 0 bridgehead atoms. The highest BCUT2D eigenvalue weighted by Gasteiger charge is 2.25. The van der Waals surface area contributed by atoms with E-state index in [4.69, 9.17) is 4.98 Å². The number of imide groups is 1. The largest absolute Gasteiger partial charge is 0.369 e. The minimum Gasteiger partial charge on any atom is -0.369 e. The molecule has 7 nitrogen and oxygen atoms in total. The molecule has 1 aromatic carbocycles. The number of nitrogens with zero attached hydrogens (tertiary/aromatic N) is 4. The van der Waals surface area contributed by atoms with Gasteiger partial charge < -0.3 is 9.80 Å². The summed E-state index contributed by atoms with van der Waals surface area (Å²) in [6.07, 6.45) is 5.28. The molecule has 3 aromatic rings. The Hall–Kier alpha value is -3.23. The highest BCUT2D eigenvalue weighted by molar-refractivity contribution is 8.18. The topological polar surface area (TPSA) is 78.4 Å². The first-order chi connectivity index (χ1) is 16.0. The van der Waals surface area contributed by atoms with Crippen molar-refractivity contribution in [1.82, 2.24) is 20.2 Å². The maximum Gasteiger partial charge on any atom is 0.290 e. The van der Waals surface area contributed by atoms with Gasteiger partial charge in [0.1, 0.15) is 0 Å². The van der Waals surface area contributed by atoms with Crippen molar-refractivity contribution in [2.45, 2.75) is 13.8 Å². The van der Waals surface area contributed by atoms with Crippen molar-refractivity contribution >= 4 is 45.6 Å². The zero-order valence-corrected chi connectivity index (χ0v) is 19.5. The second-order valence-electron chi connectivity index (χ2n) is 8.27. The summed E-state index contributed by atoms with van der Waals surface area (Å²) >= 11 is 0.895. The normalized spacial score (nSPS) is 18.4. The average Bonchev–Trinajstić information content (AvgIpc) is 3.15. The van der Waals surface area contributed by atoms with Gasteiger partial charge in [0, 0.05) is 55.2 Å². The van der Waals surface area contributed by atoms with Gasteiger partial charge in [0.05, 0.1) is 16.1 Å². The molecule has 0 saturated carbocycles. The van der Waals surface area contributed by atoms with E-state index in [0.717, 1.165) is 66.5 Å². The molecule has 4 heterocycles. The molecule has 0 spiro atoms. The number of piperazine rings is 1. The van der Waals surface area contributed by atoms with Crippen LogP contribution >= 0.6 is 11.8 Å². The highest BCUT2D eigenvalue weighted by atomic mass is 32.2. The Kier molecular flexibility index (Phi) is 5.86. The van der Waals surface area contributed by atoms with Crippen LogP contribution in [0.1, 0.15) is 18.2 Å². The molecule has 8 heteroatoms. The Morgan fingerprint density at radius 3 is 2.61 bits per heavy atom. The molecule has 33 heavy (non-hydrogen) atoms. The van der Waals surface area contributed by atoms with E-state index >= 15 is 0 Å². The number of benzene rings is 1. The quantitative estimate of drug-likeness (QED) is 0.589. The van der Waals surface area contributed by atoms with Crippen LogP contribution in [-0.4, -0.2) is 58.7 Å². The van der Waals surface area contributed by atoms with E-state index in [1.54, 1.807) is 12.3 Å². The highest BCUT2D eigenvalue weighted by Crippen LogP contribution is 2.32. The zero-order chi connectivity index (χ0) is 22.9. The monoisotopic (exact) mass is 459 g/mol. The van der Waals surface area contributed by atoms with Gasteiger partial charge >= 0.3 is 0 Å². The third-order valence-corrected chi connectivity index (χ3v) is 7.02. The van der Waals surface area contributed by atoms with Crippen LogP contribution in [0.3, 0.4) is 0 Å². The van der Waals surface area contributed by atoms with Crippen molar-refractivity contribution in [2.75, 3.05) is 37.6 Å². The zero-order valence-electron chi connectivity index (χ0n) is 18.7. The number of rotatable bonds is 4. The lowest BCUT2D eigenvalue weighted by Gasteiger charge is -2.36. The predicted octanol–water partition coefficient (Wildman–Crippen LogP) is 4.07. The van der Waals surface area contributed by atoms with Gasteiger partial charge in [-0.1, -0.05) is 13.0 Å². The van der Waals surface area contributed by atoms with Crippen LogP contribution in [0.4, 0.5) is 10.5 Å². The molecule has 2 fully saturated rings. The first-order valence-corrected chi connectivity index (χ1v) is 11.9. The molecule has 0 aliphatic carbocycles. The van der Waals surface area contributed by atoms with E-state index in [1.165, 1.54) is 11.3 Å². The lowest BCUT2D eigenvalue weighted by Crippen LogP contribution is -2.46. The molecule has 2 amide bonds. The summed E-state index contributed by atoms with van der Waals surface area (Å²) in [7, 11) is 0. The molecule has 0 unspecified atom stereocenters. The smallest absolute Gasteiger partial charge is 0.290 e. The van der Waals surface area contributed by atoms with Crippen LogP contribution < -0.4 is 10.2 Å². The maximum absolute atomic E-state index is 11.9. The first-order valence-electron chi connectivity index (χ1n) is 11.1. The minimum atomic E-state index is -0.382. The predicted molar refractivity (Wildman–Crippen MR) is 133 cm³/mol. The average molecular weight is 460 g/mol. The number of hydrogen-bond acceptors (Lipinski definition) is 7. The van der Waals surface area contributed by atoms with Crippen LogP contribution in [-0.2, 0) is 4.79 Å². The lowest BCUT2D eigenvalue weighted by atomic mass is 10.0. The van der Waals surface area contributed by atoms with Crippen molar-refractivity contribution in [1.29, 1.82) is 0 Å². The summed E-state index contributed by atoms with van der Waals surface area (Å²) in [4.78, 5) is 37.9. The Labute approximate surface area is 196 Å². The SMILES string of the molecule is CCN1CCN(c2ccc(-c3cncc4ccc(C=C5SC(=O)NC5=O)nc34)cc2C)CC1. The molecule has 1 N–H and O–H groups in total. The fraction of sp³-hybridized carbons (Fsp3) is 0.280. The van der Waals surface area contributed by atoms with E-state index in [0.29, 0.717) is 10.6 Å². The molecule has 2 aliphatic rings. The van der Waals surface area contributed by atoms with E-state index < -0.39 is 0 Å². The van der Waals surface area contributed by atoms with Crippen LogP contribution in [0.2, 0.25) is 0 Å². The first kappa shape index (κ1) is 21.6. The number of hydrogen-bond donors (Lipinski definition) is 1. The van der Waals surface area contributed by atoms with Gasteiger partial charge in [-0.25, -0.2) is 4.98 Å². The molecule has 5 rings (SSSR count).